The summed E-state index contributed by atoms with van der Waals surface area (Å²) in [5.41, 5.74) is -0.504. The summed E-state index contributed by atoms with van der Waals surface area (Å²) in [5.74, 6) is -0.557. The van der Waals surface area contributed by atoms with E-state index in [9.17, 15) is 13.2 Å². The maximum Gasteiger partial charge on any atom is 0.324 e. The average Bonchev–Trinajstić information content (AvgIpc) is 2.17. The molecule has 1 heterocycles. The summed E-state index contributed by atoms with van der Waals surface area (Å²) in [6.45, 7) is 1.80. The molecule has 2 aliphatic rings. The van der Waals surface area contributed by atoms with Crippen LogP contribution >= 0.6 is 10.7 Å². The molecule has 1 saturated heterocycles. The van der Waals surface area contributed by atoms with E-state index in [1.54, 1.807) is 6.92 Å². The summed E-state index contributed by atoms with van der Waals surface area (Å²) in [5, 5.41) is 0. The smallest absolute Gasteiger partial charge is 0.273 e. The monoisotopic (exact) mass is 251 g/mol. The van der Waals surface area contributed by atoms with Gasteiger partial charge in [-0.15, -0.1) is 0 Å². The Hall–Kier alpha value is -0.290. The van der Waals surface area contributed by atoms with E-state index in [0.29, 0.717) is 0 Å². The van der Waals surface area contributed by atoms with Crippen LogP contribution in [0.1, 0.15) is 39.0 Å². The number of halogens is 1. The van der Waals surface area contributed by atoms with Crippen molar-refractivity contribution in [3.05, 3.63) is 0 Å². The van der Waals surface area contributed by atoms with Gasteiger partial charge in [0.25, 0.3) is 0 Å². The van der Waals surface area contributed by atoms with Gasteiger partial charge in [0.2, 0.25) is 5.91 Å². The Morgan fingerprint density at radius 2 is 1.87 bits per heavy atom. The minimum absolute atomic E-state index is 0.202. The van der Waals surface area contributed by atoms with Crippen LogP contribution in [0.2, 0.25) is 0 Å². The van der Waals surface area contributed by atoms with E-state index in [-0.39, 0.29) is 11.8 Å². The Labute approximate surface area is 94.1 Å². The lowest BCUT2D eigenvalue weighted by Gasteiger charge is -2.56. The van der Waals surface area contributed by atoms with Crippen LogP contribution in [0.5, 0.6) is 0 Å². The summed E-state index contributed by atoms with van der Waals surface area (Å²) in [4.78, 5) is 11.5. The number of hydrogen-bond acceptors (Lipinski definition) is 3. The van der Waals surface area contributed by atoms with E-state index >= 15 is 0 Å². The number of β-lactam (4-membered cyclic amide) rings is 1. The van der Waals surface area contributed by atoms with E-state index in [4.69, 9.17) is 10.7 Å². The van der Waals surface area contributed by atoms with Gasteiger partial charge in [0.15, 0.2) is 0 Å². The normalized spacial score (nSPS) is 30.4. The second-order valence-corrected chi connectivity index (χ2v) is 6.79. The largest absolute Gasteiger partial charge is 0.324 e. The van der Waals surface area contributed by atoms with E-state index in [0.717, 1.165) is 36.4 Å². The average molecular weight is 252 g/mol. The van der Waals surface area contributed by atoms with Crippen molar-refractivity contribution >= 4 is 25.8 Å². The molecule has 15 heavy (non-hydrogen) atoms. The highest BCUT2D eigenvalue weighted by Gasteiger charge is 2.61. The van der Waals surface area contributed by atoms with Crippen LogP contribution in [0.4, 0.5) is 0 Å². The minimum Gasteiger partial charge on any atom is -0.273 e. The first-order valence-electron chi connectivity index (χ1n) is 5.18. The third-order valence-corrected chi connectivity index (χ3v) is 5.11. The van der Waals surface area contributed by atoms with Crippen molar-refractivity contribution in [3.8, 4) is 0 Å². The van der Waals surface area contributed by atoms with Crippen molar-refractivity contribution in [3.63, 3.8) is 0 Å². The fourth-order valence-electron chi connectivity index (χ4n) is 2.86. The number of nitrogens with zero attached hydrogens (tertiary/aromatic N) is 1. The van der Waals surface area contributed by atoms with Gasteiger partial charge >= 0.3 is 9.24 Å². The van der Waals surface area contributed by atoms with Crippen molar-refractivity contribution in [2.24, 2.45) is 5.92 Å². The Bertz CT molecular complexity index is 386. The van der Waals surface area contributed by atoms with E-state index < -0.39 is 14.8 Å². The molecule has 0 aromatic rings. The fraction of sp³-hybridized carbons (Fsp3) is 0.889. The quantitative estimate of drug-likeness (QED) is 0.526. The zero-order valence-electron chi connectivity index (χ0n) is 8.57. The molecule has 86 valence electrons. The Kier molecular flexibility index (Phi) is 2.50. The molecule has 1 aliphatic heterocycles. The van der Waals surface area contributed by atoms with Crippen molar-refractivity contribution in [1.29, 1.82) is 0 Å². The molecular formula is C9H14ClNO3S. The molecule has 1 aliphatic carbocycles. The maximum atomic E-state index is 11.5. The van der Waals surface area contributed by atoms with Gasteiger partial charge in [-0.05, 0) is 12.8 Å². The third kappa shape index (κ3) is 1.47. The molecule has 1 atom stereocenters. The number of amides is 1. The number of carbonyl (C=O) groups excluding carboxylic acids is 1. The third-order valence-electron chi connectivity index (χ3n) is 3.72. The molecule has 1 amide bonds. The van der Waals surface area contributed by atoms with Crippen LogP contribution in [-0.2, 0) is 14.0 Å². The number of rotatable bonds is 1. The summed E-state index contributed by atoms with van der Waals surface area (Å²) in [7, 11) is 1.40. The summed E-state index contributed by atoms with van der Waals surface area (Å²) in [6, 6.07) is 0. The first kappa shape index (κ1) is 11.2. The minimum atomic E-state index is -3.90. The summed E-state index contributed by atoms with van der Waals surface area (Å²) in [6.07, 6.45) is 4.57. The molecule has 0 aromatic carbocycles. The standard InChI is InChI=1S/C9H14ClNO3S/c1-7-8(12)11(15(10,13)14)9(7)5-3-2-4-6-9/h7H,2-6H2,1H3. The van der Waals surface area contributed by atoms with Crippen molar-refractivity contribution < 1.29 is 13.2 Å². The lowest BCUT2D eigenvalue weighted by Crippen LogP contribution is -2.71. The Morgan fingerprint density at radius 1 is 1.33 bits per heavy atom. The zero-order valence-corrected chi connectivity index (χ0v) is 10.1. The second-order valence-electron chi connectivity index (χ2n) is 4.43. The van der Waals surface area contributed by atoms with Crippen LogP contribution in [0, 0.1) is 5.92 Å². The Balaban J connectivity index is 2.34. The van der Waals surface area contributed by atoms with Crippen molar-refractivity contribution in [2.75, 3.05) is 0 Å². The maximum absolute atomic E-state index is 11.5. The second kappa shape index (κ2) is 3.35. The molecular weight excluding hydrogens is 238 g/mol. The molecule has 2 fully saturated rings. The van der Waals surface area contributed by atoms with Crippen molar-refractivity contribution in [2.45, 2.75) is 44.6 Å². The molecule has 4 nitrogen and oxygen atoms in total. The highest BCUT2D eigenvalue weighted by Crippen LogP contribution is 2.49. The predicted molar refractivity (Wildman–Crippen MR) is 56.6 cm³/mol. The van der Waals surface area contributed by atoms with Gasteiger partial charge in [0, 0.05) is 10.7 Å². The zero-order chi connectivity index (χ0) is 11.3. The van der Waals surface area contributed by atoms with Crippen LogP contribution in [0.3, 0.4) is 0 Å². The van der Waals surface area contributed by atoms with Gasteiger partial charge in [-0.2, -0.15) is 8.42 Å². The van der Waals surface area contributed by atoms with Crippen molar-refractivity contribution in [1.82, 2.24) is 4.31 Å². The molecule has 0 bridgehead atoms. The highest BCUT2D eigenvalue weighted by atomic mass is 35.7. The molecule has 1 spiro atoms. The van der Waals surface area contributed by atoms with Gasteiger partial charge in [-0.25, -0.2) is 4.31 Å². The number of hydrogen-bond donors (Lipinski definition) is 0. The van der Waals surface area contributed by atoms with Crippen LogP contribution in [0.15, 0.2) is 0 Å². The van der Waals surface area contributed by atoms with E-state index in [1.807, 2.05) is 0 Å². The van der Waals surface area contributed by atoms with E-state index in [1.165, 1.54) is 0 Å². The molecule has 0 aromatic heterocycles. The molecule has 0 radical (unpaired) electrons. The summed E-state index contributed by atoms with van der Waals surface area (Å²) < 4.78 is 23.5. The van der Waals surface area contributed by atoms with Gasteiger partial charge < -0.3 is 0 Å². The van der Waals surface area contributed by atoms with Crippen LogP contribution in [0.25, 0.3) is 0 Å². The van der Waals surface area contributed by atoms with Gasteiger partial charge in [0.1, 0.15) is 0 Å². The van der Waals surface area contributed by atoms with Gasteiger partial charge in [0.05, 0.1) is 11.5 Å². The molecule has 1 unspecified atom stereocenters. The lowest BCUT2D eigenvalue weighted by atomic mass is 9.67. The Morgan fingerprint density at radius 3 is 2.33 bits per heavy atom. The topological polar surface area (TPSA) is 54.5 Å². The van der Waals surface area contributed by atoms with Crippen LogP contribution in [-0.4, -0.2) is 24.2 Å². The molecule has 6 heteroatoms. The SMILES string of the molecule is CC1C(=O)N(S(=O)(=O)Cl)C12CCCCC2. The lowest BCUT2D eigenvalue weighted by molar-refractivity contribution is -0.158. The van der Waals surface area contributed by atoms with Gasteiger partial charge in [-0.1, -0.05) is 26.2 Å². The molecule has 0 N–H and O–H groups in total. The van der Waals surface area contributed by atoms with Gasteiger partial charge in [-0.3, -0.25) is 4.79 Å². The first-order valence-corrected chi connectivity index (χ1v) is 7.45. The molecule has 2 rings (SSSR count). The summed E-state index contributed by atoms with van der Waals surface area (Å²) >= 11 is 0. The predicted octanol–water partition coefficient (Wildman–Crippen LogP) is 1.65. The molecule has 1 saturated carbocycles. The number of carbonyl (C=O) groups is 1. The first-order chi connectivity index (χ1) is 6.89. The van der Waals surface area contributed by atoms with Crippen LogP contribution < -0.4 is 0 Å². The highest BCUT2D eigenvalue weighted by molar-refractivity contribution is 8.12. The van der Waals surface area contributed by atoms with E-state index in [2.05, 4.69) is 0 Å². The fourth-order valence-corrected chi connectivity index (χ4v) is 4.62.